The maximum absolute atomic E-state index is 12.6. The molecule has 2 aromatic carbocycles. The summed E-state index contributed by atoms with van der Waals surface area (Å²) in [5.41, 5.74) is 3.74. The Morgan fingerprint density at radius 3 is 2.52 bits per heavy atom. The highest BCUT2D eigenvalue weighted by atomic mass is 16.2. The summed E-state index contributed by atoms with van der Waals surface area (Å²) in [5, 5.41) is 3.14. The van der Waals surface area contributed by atoms with Crippen molar-refractivity contribution < 1.29 is 9.59 Å². The van der Waals surface area contributed by atoms with Crippen molar-refractivity contribution in [1.29, 1.82) is 0 Å². The lowest BCUT2D eigenvalue weighted by Gasteiger charge is -2.23. The van der Waals surface area contributed by atoms with Crippen molar-refractivity contribution in [2.75, 3.05) is 16.8 Å². The molecule has 1 aliphatic rings. The van der Waals surface area contributed by atoms with E-state index in [0.29, 0.717) is 5.56 Å². The van der Waals surface area contributed by atoms with Gasteiger partial charge in [-0.1, -0.05) is 18.2 Å². The van der Waals surface area contributed by atoms with Crippen LogP contribution in [-0.2, 0) is 11.2 Å². The lowest BCUT2D eigenvalue weighted by molar-refractivity contribution is -0.117. The molecule has 0 spiro atoms. The Bertz CT molecular complexity index is 737. The van der Waals surface area contributed by atoms with Crippen LogP contribution >= 0.6 is 0 Å². The van der Waals surface area contributed by atoms with E-state index in [-0.39, 0.29) is 24.3 Å². The second-order valence-electron chi connectivity index (χ2n) is 5.93. The summed E-state index contributed by atoms with van der Waals surface area (Å²) in [7, 11) is 0. The molecule has 118 valence electrons. The molecule has 4 nitrogen and oxygen atoms in total. The number of ketones is 1. The van der Waals surface area contributed by atoms with Gasteiger partial charge in [-0.3, -0.25) is 9.59 Å². The van der Waals surface area contributed by atoms with Gasteiger partial charge in [0.05, 0.1) is 6.54 Å². The molecule has 1 aliphatic heterocycles. The predicted octanol–water partition coefficient (Wildman–Crippen LogP) is 3.28. The Hall–Kier alpha value is -2.62. The molecule has 0 saturated carbocycles. The van der Waals surface area contributed by atoms with Crippen LogP contribution in [0.4, 0.5) is 11.4 Å². The third-order valence-electron chi connectivity index (χ3n) is 4.21. The van der Waals surface area contributed by atoms with Gasteiger partial charge in [0.1, 0.15) is 0 Å². The number of rotatable bonds is 4. The van der Waals surface area contributed by atoms with E-state index in [1.165, 1.54) is 12.5 Å². The molecule has 4 heteroatoms. The van der Waals surface area contributed by atoms with Crippen LogP contribution in [0, 0.1) is 0 Å². The van der Waals surface area contributed by atoms with Crippen molar-refractivity contribution in [2.45, 2.75) is 26.3 Å². The van der Waals surface area contributed by atoms with E-state index in [2.05, 4.69) is 18.3 Å². The molecular formula is C19H20N2O2. The average Bonchev–Trinajstić information content (AvgIpc) is 2.88. The minimum atomic E-state index is 0.0372. The number of fused-ring (bicyclic) bond motifs is 1. The summed E-state index contributed by atoms with van der Waals surface area (Å²) in [4.78, 5) is 25.7. The molecule has 0 aliphatic carbocycles. The van der Waals surface area contributed by atoms with Crippen LogP contribution in [0.3, 0.4) is 0 Å². The fourth-order valence-corrected chi connectivity index (χ4v) is 3.03. The number of anilines is 2. The number of hydrogen-bond donors (Lipinski definition) is 1. The number of carbonyl (C=O) groups excluding carboxylic acids is 2. The third kappa shape index (κ3) is 3.11. The normalized spacial score (nSPS) is 16.1. The van der Waals surface area contributed by atoms with Gasteiger partial charge < -0.3 is 10.2 Å². The Labute approximate surface area is 136 Å². The van der Waals surface area contributed by atoms with Crippen molar-refractivity contribution >= 4 is 23.1 Å². The van der Waals surface area contributed by atoms with E-state index in [1.54, 1.807) is 12.1 Å². The summed E-state index contributed by atoms with van der Waals surface area (Å²) in [6, 6.07) is 15.4. The first-order valence-corrected chi connectivity index (χ1v) is 7.81. The molecule has 1 atom stereocenters. The number of amides is 1. The summed E-state index contributed by atoms with van der Waals surface area (Å²) < 4.78 is 0. The fraction of sp³-hybridized carbons (Fsp3) is 0.263. The average molecular weight is 308 g/mol. The highest BCUT2D eigenvalue weighted by Gasteiger charge is 2.30. The SMILES string of the molecule is CC(=O)c1ccc(NCC(=O)N2c3ccccc3CC2C)cc1. The molecule has 0 fully saturated rings. The zero-order valence-electron chi connectivity index (χ0n) is 13.4. The molecule has 1 amide bonds. The summed E-state index contributed by atoms with van der Waals surface area (Å²) >= 11 is 0. The van der Waals surface area contributed by atoms with Crippen LogP contribution in [0.15, 0.2) is 48.5 Å². The maximum Gasteiger partial charge on any atom is 0.246 e. The molecule has 0 saturated heterocycles. The van der Waals surface area contributed by atoms with Crippen LogP contribution in [-0.4, -0.2) is 24.3 Å². The van der Waals surface area contributed by atoms with Crippen molar-refractivity contribution in [2.24, 2.45) is 0 Å². The zero-order valence-corrected chi connectivity index (χ0v) is 13.4. The van der Waals surface area contributed by atoms with Crippen LogP contribution < -0.4 is 10.2 Å². The molecule has 1 heterocycles. The minimum absolute atomic E-state index is 0.0372. The molecule has 2 aromatic rings. The first-order chi connectivity index (χ1) is 11.1. The Morgan fingerprint density at radius 2 is 1.83 bits per heavy atom. The first kappa shape index (κ1) is 15.3. The number of para-hydroxylation sites is 1. The van der Waals surface area contributed by atoms with E-state index < -0.39 is 0 Å². The van der Waals surface area contributed by atoms with Gasteiger partial charge in [-0.05, 0) is 56.2 Å². The molecule has 0 bridgehead atoms. The summed E-state index contributed by atoms with van der Waals surface area (Å²) in [6.45, 7) is 3.84. The number of nitrogens with zero attached hydrogens (tertiary/aromatic N) is 1. The van der Waals surface area contributed by atoms with Gasteiger partial charge in [-0.15, -0.1) is 0 Å². The monoisotopic (exact) mass is 308 g/mol. The number of carbonyl (C=O) groups is 2. The number of nitrogens with one attached hydrogen (secondary N) is 1. The largest absolute Gasteiger partial charge is 0.376 e. The Morgan fingerprint density at radius 1 is 1.13 bits per heavy atom. The minimum Gasteiger partial charge on any atom is -0.376 e. The van der Waals surface area contributed by atoms with E-state index in [4.69, 9.17) is 0 Å². The quantitative estimate of drug-likeness (QED) is 0.882. The van der Waals surface area contributed by atoms with Gasteiger partial charge in [0.2, 0.25) is 5.91 Å². The smallest absolute Gasteiger partial charge is 0.246 e. The van der Waals surface area contributed by atoms with Crippen LogP contribution in [0.2, 0.25) is 0 Å². The van der Waals surface area contributed by atoms with Gasteiger partial charge in [0.15, 0.2) is 5.78 Å². The first-order valence-electron chi connectivity index (χ1n) is 7.81. The van der Waals surface area contributed by atoms with Crippen molar-refractivity contribution in [3.8, 4) is 0 Å². The van der Waals surface area contributed by atoms with Gasteiger partial charge in [-0.2, -0.15) is 0 Å². The molecular weight excluding hydrogens is 288 g/mol. The maximum atomic E-state index is 12.6. The van der Waals surface area contributed by atoms with E-state index in [9.17, 15) is 9.59 Å². The second kappa shape index (κ2) is 6.24. The highest BCUT2D eigenvalue weighted by Crippen LogP contribution is 2.31. The van der Waals surface area contributed by atoms with Gasteiger partial charge in [0, 0.05) is 23.0 Å². The third-order valence-corrected chi connectivity index (χ3v) is 4.21. The van der Waals surface area contributed by atoms with Crippen molar-refractivity contribution in [3.63, 3.8) is 0 Å². The zero-order chi connectivity index (χ0) is 16.4. The van der Waals surface area contributed by atoms with E-state index in [1.807, 2.05) is 35.2 Å². The van der Waals surface area contributed by atoms with Crippen molar-refractivity contribution in [1.82, 2.24) is 0 Å². The second-order valence-corrected chi connectivity index (χ2v) is 5.93. The molecule has 1 N–H and O–H groups in total. The number of Topliss-reactive ketones (excluding diaryl/α,β-unsaturated/α-hetero) is 1. The lowest BCUT2D eigenvalue weighted by atomic mass is 10.1. The standard InChI is InChI=1S/C19H20N2O2/c1-13-11-16-5-3-4-6-18(16)21(13)19(23)12-20-17-9-7-15(8-10-17)14(2)22/h3-10,13,20H,11-12H2,1-2H3. The van der Waals surface area contributed by atoms with Crippen molar-refractivity contribution in [3.05, 3.63) is 59.7 Å². The molecule has 1 unspecified atom stereocenters. The molecule has 3 rings (SSSR count). The van der Waals surface area contributed by atoms with E-state index in [0.717, 1.165) is 17.8 Å². The van der Waals surface area contributed by atoms with Crippen LogP contribution in [0.5, 0.6) is 0 Å². The van der Waals surface area contributed by atoms with Gasteiger partial charge in [0.25, 0.3) is 0 Å². The highest BCUT2D eigenvalue weighted by molar-refractivity contribution is 5.99. The fourth-order valence-electron chi connectivity index (χ4n) is 3.03. The topological polar surface area (TPSA) is 49.4 Å². The van der Waals surface area contributed by atoms with E-state index >= 15 is 0 Å². The number of hydrogen-bond acceptors (Lipinski definition) is 3. The molecule has 0 aromatic heterocycles. The summed E-state index contributed by atoms with van der Waals surface area (Å²) in [6.07, 6.45) is 0.898. The van der Waals surface area contributed by atoms with Crippen LogP contribution in [0.25, 0.3) is 0 Å². The Kier molecular flexibility index (Phi) is 4.15. The summed E-state index contributed by atoms with van der Waals surface area (Å²) in [5.74, 6) is 0.0909. The van der Waals surface area contributed by atoms with Gasteiger partial charge >= 0.3 is 0 Å². The lowest BCUT2D eigenvalue weighted by Crippen LogP contribution is -2.39. The predicted molar refractivity (Wildman–Crippen MR) is 92.0 cm³/mol. The number of benzene rings is 2. The van der Waals surface area contributed by atoms with Gasteiger partial charge in [-0.25, -0.2) is 0 Å². The molecule has 0 radical (unpaired) electrons. The molecule has 23 heavy (non-hydrogen) atoms. The Balaban J connectivity index is 1.67. The van der Waals surface area contributed by atoms with Crippen LogP contribution in [0.1, 0.15) is 29.8 Å².